The SMILES string of the molecule is Cc1cccc(-c2nc(C(=O)Nc3cccc(Cl)c3C)nn2-c2cc(Cl)ccc2C)c1. The molecule has 0 fully saturated rings. The van der Waals surface area contributed by atoms with Crippen LogP contribution in [0.15, 0.2) is 60.7 Å². The molecular formula is C24H20Cl2N4O. The number of carbonyl (C=O) groups excluding carboxylic acids is 1. The molecule has 4 aromatic rings. The van der Waals surface area contributed by atoms with E-state index in [1.807, 2.05) is 63.2 Å². The fourth-order valence-electron chi connectivity index (χ4n) is 3.28. The Hall–Kier alpha value is -3.15. The smallest absolute Gasteiger partial charge is 0.295 e. The van der Waals surface area contributed by atoms with Gasteiger partial charge in [-0.25, -0.2) is 9.67 Å². The number of hydrogen-bond acceptors (Lipinski definition) is 3. The van der Waals surface area contributed by atoms with Crippen molar-refractivity contribution in [2.75, 3.05) is 5.32 Å². The van der Waals surface area contributed by atoms with Gasteiger partial charge in [0.15, 0.2) is 5.82 Å². The predicted octanol–water partition coefficient (Wildman–Crippen LogP) is 6.42. The molecule has 0 aliphatic carbocycles. The first-order chi connectivity index (χ1) is 14.8. The van der Waals surface area contributed by atoms with Crippen molar-refractivity contribution in [2.24, 2.45) is 0 Å². The van der Waals surface area contributed by atoms with Crippen molar-refractivity contribution in [3.8, 4) is 17.1 Å². The highest BCUT2D eigenvalue weighted by atomic mass is 35.5. The fourth-order valence-corrected chi connectivity index (χ4v) is 3.62. The van der Waals surface area contributed by atoms with E-state index < -0.39 is 5.91 Å². The number of nitrogens with one attached hydrogen (secondary N) is 1. The molecule has 1 N–H and O–H groups in total. The molecule has 0 aliphatic rings. The van der Waals surface area contributed by atoms with Crippen molar-refractivity contribution < 1.29 is 4.79 Å². The van der Waals surface area contributed by atoms with E-state index in [0.29, 0.717) is 21.6 Å². The Balaban J connectivity index is 1.82. The number of benzene rings is 3. The number of anilines is 1. The highest BCUT2D eigenvalue weighted by Gasteiger charge is 2.21. The summed E-state index contributed by atoms with van der Waals surface area (Å²) in [4.78, 5) is 17.6. The zero-order valence-electron chi connectivity index (χ0n) is 17.3. The van der Waals surface area contributed by atoms with E-state index in [2.05, 4.69) is 15.4 Å². The zero-order chi connectivity index (χ0) is 22.1. The van der Waals surface area contributed by atoms with E-state index in [9.17, 15) is 4.79 Å². The lowest BCUT2D eigenvalue weighted by molar-refractivity contribution is 0.101. The van der Waals surface area contributed by atoms with Gasteiger partial charge in [-0.05, 0) is 62.2 Å². The highest BCUT2D eigenvalue weighted by molar-refractivity contribution is 6.32. The van der Waals surface area contributed by atoms with E-state index in [1.54, 1.807) is 22.9 Å². The Morgan fingerprint density at radius 3 is 2.52 bits per heavy atom. The van der Waals surface area contributed by atoms with E-state index >= 15 is 0 Å². The average molecular weight is 451 g/mol. The molecule has 5 nitrogen and oxygen atoms in total. The van der Waals surface area contributed by atoms with Crippen LogP contribution >= 0.6 is 23.2 Å². The maximum absolute atomic E-state index is 13.0. The summed E-state index contributed by atoms with van der Waals surface area (Å²) in [5, 5.41) is 8.55. The van der Waals surface area contributed by atoms with Crippen LogP contribution in [-0.2, 0) is 0 Å². The molecule has 0 saturated heterocycles. The quantitative estimate of drug-likeness (QED) is 0.390. The van der Waals surface area contributed by atoms with Gasteiger partial charge in [-0.2, -0.15) is 0 Å². The summed E-state index contributed by atoms with van der Waals surface area (Å²) < 4.78 is 1.66. The van der Waals surface area contributed by atoms with Crippen LogP contribution in [0.1, 0.15) is 27.3 Å². The van der Waals surface area contributed by atoms with Crippen LogP contribution in [-0.4, -0.2) is 20.7 Å². The number of carbonyl (C=O) groups is 1. The topological polar surface area (TPSA) is 59.8 Å². The molecule has 0 bridgehead atoms. The third kappa shape index (κ3) is 4.33. The van der Waals surface area contributed by atoms with Crippen molar-refractivity contribution in [2.45, 2.75) is 20.8 Å². The third-order valence-electron chi connectivity index (χ3n) is 5.00. The van der Waals surface area contributed by atoms with Crippen molar-refractivity contribution in [3.63, 3.8) is 0 Å². The van der Waals surface area contributed by atoms with Crippen LogP contribution in [0, 0.1) is 20.8 Å². The lowest BCUT2D eigenvalue weighted by atomic mass is 10.1. The van der Waals surface area contributed by atoms with Gasteiger partial charge in [0.2, 0.25) is 5.82 Å². The van der Waals surface area contributed by atoms with Gasteiger partial charge in [0, 0.05) is 21.3 Å². The normalized spacial score (nSPS) is 10.9. The Labute approximate surface area is 190 Å². The van der Waals surface area contributed by atoms with Crippen LogP contribution in [0.25, 0.3) is 17.1 Å². The molecule has 0 atom stereocenters. The van der Waals surface area contributed by atoms with E-state index in [4.69, 9.17) is 23.2 Å². The minimum Gasteiger partial charge on any atom is -0.319 e. The van der Waals surface area contributed by atoms with Crippen LogP contribution in [0.2, 0.25) is 10.0 Å². The molecule has 0 aliphatic heterocycles. The van der Waals surface area contributed by atoms with Crippen LogP contribution in [0.3, 0.4) is 0 Å². The Bertz CT molecular complexity index is 1300. The molecular weight excluding hydrogens is 431 g/mol. The van der Waals surface area contributed by atoms with Crippen LogP contribution in [0.5, 0.6) is 0 Å². The highest BCUT2D eigenvalue weighted by Crippen LogP contribution is 2.27. The number of nitrogens with zero attached hydrogens (tertiary/aromatic N) is 3. The summed E-state index contributed by atoms with van der Waals surface area (Å²) >= 11 is 12.4. The summed E-state index contributed by atoms with van der Waals surface area (Å²) in [6.07, 6.45) is 0. The third-order valence-corrected chi connectivity index (χ3v) is 5.65. The van der Waals surface area contributed by atoms with Crippen molar-refractivity contribution in [1.29, 1.82) is 0 Å². The first kappa shape index (κ1) is 21.1. The van der Waals surface area contributed by atoms with E-state index in [1.165, 1.54) is 0 Å². The van der Waals surface area contributed by atoms with Gasteiger partial charge in [-0.1, -0.05) is 59.1 Å². The minimum atomic E-state index is -0.419. The maximum Gasteiger partial charge on any atom is 0.295 e. The molecule has 4 rings (SSSR count). The van der Waals surface area contributed by atoms with Gasteiger partial charge >= 0.3 is 0 Å². The van der Waals surface area contributed by atoms with Gasteiger partial charge in [-0.3, -0.25) is 4.79 Å². The molecule has 0 saturated carbocycles. The molecule has 31 heavy (non-hydrogen) atoms. The maximum atomic E-state index is 13.0. The number of aromatic nitrogens is 3. The molecule has 1 amide bonds. The number of halogens is 2. The number of aryl methyl sites for hydroxylation is 2. The molecule has 3 aromatic carbocycles. The number of amides is 1. The second-order valence-electron chi connectivity index (χ2n) is 7.34. The molecule has 0 spiro atoms. The summed E-state index contributed by atoms with van der Waals surface area (Å²) in [5.74, 6) is 0.190. The molecule has 1 aromatic heterocycles. The predicted molar refractivity (Wildman–Crippen MR) is 125 cm³/mol. The standard InChI is InChI=1S/C24H20Cl2N4O/c1-14-6-4-7-17(12-14)23-28-22(24(31)27-20-9-5-8-19(26)16(20)3)29-30(23)21-13-18(25)11-10-15(21)2/h4-13H,1-3H3,(H,27,31). The molecule has 156 valence electrons. The summed E-state index contributed by atoms with van der Waals surface area (Å²) in [6, 6.07) is 18.8. The minimum absolute atomic E-state index is 0.0512. The Morgan fingerprint density at radius 1 is 0.968 bits per heavy atom. The van der Waals surface area contributed by atoms with E-state index in [-0.39, 0.29) is 5.82 Å². The van der Waals surface area contributed by atoms with Gasteiger partial charge in [0.25, 0.3) is 5.91 Å². The average Bonchev–Trinajstić information content (AvgIpc) is 3.18. The molecule has 0 unspecified atom stereocenters. The van der Waals surface area contributed by atoms with Crippen molar-refractivity contribution in [1.82, 2.24) is 14.8 Å². The lowest BCUT2D eigenvalue weighted by Crippen LogP contribution is -2.15. The fraction of sp³-hybridized carbons (Fsp3) is 0.125. The van der Waals surface area contributed by atoms with Crippen LogP contribution in [0.4, 0.5) is 5.69 Å². The van der Waals surface area contributed by atoms with Crippen LogP contribution < -0.4 is 5.32 Å². The first-order valence-corrected chi connectivity index (χ1v) is 10.5. The Morgan fingerprint density at radius 2 is 1.74 bits per heavy atom. The summed E-state index contributed by atoms with van der Waals surface area (Å²) in [5.41, 5.74) is 5.04. The largest absolute Gasteiger partial charge is 0.319 e. The first-order valence-electron chi connectivity index (χ1n) is 9.70. The Kier molecular flexibility index (Phi) is 5.81. The van der Waals surface area contributed by atoms with Gasteiger partial charge in [0.05, 0.1) is 5.69 Å². The second-order valence-corrected chi connectivity index (χ2v) is 8.18. The molecule has 0 radical (unpaired) electrons. The van der Waals surface area contributed by atoms with Gasteiger partial charge in [0.1, 0.15) is 0 Å². The molecule has 7 heteroatoms. The summed E-state index contributed by atoms with van der Waals surface area (Å²) in [7, 11) is 0. The summed E-state index contributed by atoms with van der Waals surface area (Å²) in [6.45, 7) is 5.81. The number of rotatable bonds is 4. The van der Waals surface area contributed by atoms with E-state index in [0.717, 1.165) is 27.9 Å². The van der Waals surface area contributed by atoms with Crippen molar-refractivity contribution in [3.05, 3.63) is 93.2 Å². The monoisotopic (exact) mass is 450 g/mol. The number of hydrogen-bond donors (Lipinski definition) is 1. The van der Waals surface area contributed by atoms with Gasteiger partial charge < -0.3 is 5.32 Å². The zero-order valence-corrected chi connectivity index (χ0v) is 18.8. The lowest BCUT2D eigenvalue weighted by Gasteiger charge is -2.10. The second kappa shape index (κ2) is 8.53. The molecule has 1 heterocycles. The van der Waals surface area contributed by atoms with Gasteiger partial charge in [-0.15, -0.1) is 5.10 Å². The van der Waals surface area contributed by atoms with Crippen molar-refractivity contribution >= 4 is 34.8 Å².